The zero-order valence-electron chi connectivity index (χ0n) is 8.20. The Morgan fingerprint density at radius 1 is 1.33 bits per heavy atom. The van der Waals surface area contributed by atoms with Crippen molar-refractivity contribution in [1.29, 1.82) is 0 Å². The van der Waals surface area contributed by atoms with Crippen molar-refractivity contribution < 1.29 is 4.39 Å². The molecule has 0 bridgehead atoms. The molecule has 0 unspecified atom stereocenters. The molecule has 1 aliphatic rings. The van der Waals surface area contributed by atoms with Crippen LogP contribution in [0.4, 0.5) is 4.39 Å². The Balaban J connectivity index is 2.13. The lowest BCUT2D eigenvalue weighted by Gasteiger charge is -2.20. The normalized spacial score (nSPS) is 22.0. The van der Waals surface area contributed by atoms with Crippen molar-refractivity contribution >= 4 is 0 Å². The summed E-state index contributed by atoms with van der Waals surface area (Å²) in [6, 6.07) is 0. The van der Waals surface area contributed by atoms with Crippen LogP contribution in [0.2, 0.25) is 0 Å². The van der Waals surface area contributed by atoms with Crippen molar-refractivity contribution in [3.63, 3.8) is 0 Å². The number of rotatable bonds is 4. The summed E-state index contributed by atoms with van der Waals surface area (Å²) < 4.78 is 13.7. The Kier molecular flexibility index (Phi) is 3.51. The van der Waals surface area contributed by atoms with Gasteiger partial charge in [-0.2, -0.15) is 0 Å². The Bertz CT molecular complexity index is 128. The predicted octanol–water partition coefficient (Wildman–Crippen LogP) is 2.51. The van der Waals surface area contributed by atoms with Gasteiger partial charge in [0.2, 0.25) is 0 Å². The van der Waals surface area contributed by atoms with E-state index in [0.717, 1.165) is 32.2 Å². The maximum atomic E-state index is 13.7. The van der Waals surface area contributed by atoms with Crippen molar-refractivity contribution in [2.24, 2.45) is 5.92 Å². The minimum atomic E-state index is -0.880. The first kappa shape index (κ1) is 9.97. The van der Waals surface area contributed by atoms with E-state index in [2.05, 4.69) is 19.2 Å². The summed E-state index contributed by atoms with van der Waals surface area (Å²) in [6.07, 6.45) is 3.66. The highest BCUT2D eigenvalue weighted by Gasteiger charge is 2.32. The van der Waals surface area contributed by atoms with Gasteiger partial charge in [-0.05, 0) is 25.3 Å². The molecule has 0 amide bonds. The van der Waals surface area contributed by atoms with Gasteiger partial charge in [0, 0.05) is 6.54 Å². The van der Waals surface area contributed by atoms with Gasteiger partial charge in [0.25, 0.3) is 0 Å². The van der Waals surface area contributed by atoms with Crippen molar-refractivity contribution in [3.05, 3.63) is 0 Å². The highest BCUT2D eigenvalue weighted by Crippen LogP contribution is 2.32. The Labute approximate surface area is 74.7 Å². The molecular formula is C10H20FN. The standard InChI is InChI=1S/C10H20FN/c1-9(2)7-12-8-10(11)5-3-4-6-10/h9,12H,3-8H2,1-2H3. The van der Waals surface area contributed by atoms with Gasteiger partial charge in [0.15, 0.2) is 0 Å². The lowest BCUT2D eigenvalue weighted by Crippen LogP contribution is -2.35. The number of nitrogens with one attached hydrogen (secondary N) is 1. The van der Waals surface area contributed by atoms with Crippen molar-refractivity contribution in [2.45, 2.75) is 45.2 Å². The third-order valence-corrected chi connectivity index (χ3v) is 2.49. The first-order valence-electron chi connectivity index (χ1n) is 5.02. The van der Waals surface area contributed by atoms with Crippen molar-refractivity contribution in [3.8, 4) is 0 Å². The molecule has 0 aromatic carbocycles. The fraction of sp³-hybridized carbons (Fsp3) is 1.00. The van der Waals surface area contributed by atoms with Gasteiger partial charge in [-0.3, -0.25) is 0 Å². The fourth-order valence-electron chi connectivity index (χ4n) is 1.77. The second-order valence-corrected chi connectivity index (χ2v) is 4.38. The number of hydrogen-bond donors (Lipinski definition) is 1. The Hall–Kier alpha value is -0.110. The summed E-state index contributed by atoms with van der Waals surface area (Å²) in [5, 5.41) is 3.19. The third kappa shape index (κ3) is 3.10. The van der Waals surface area contributed by atoms with Crippen LogP contribution in [0.3, 0.4) is 0 Å². The van der Waals surface area contributed by atoms with Gasteiger partial charge >= 0.3 is 0 Å². The third-order valence-electron chi connectivity index (χ3n) is 2.49. The van der Waals surface area contributed by atoms with Crippen LogP contribution < -0.4 is 5.32 Å². The van der Waals surface area contributed by atoms with Crippen LogP contribution in [-0.4, -0.2) is 18.8 Å². The molecule has 0 spiro atoms. The van der Waals surface area contributed by atoms with Crippen LogP contribution in [0.1, 0.15) is 39.5 Å². The molecule has 2 heteroatoms. The van der Waals surface area contributed by atoms with E-state index < -0.39 is 5.67 Å². The molecule has 0 heterocycles. The van der Waals surface area contributed by atoms with Crippen LogP contribution in [0.25, 0.3) is 0 Å². The van der Waals surface area contributed by atoms with Gasteiger partial charge in [0.05, 0.1) is 0 Å². The Morgan fingerprint density at radius 2 is 1.92 bits per heavy atom. The smallest absolute Gasteiger partial charge is 0.123 e. The lowest BCUT2D eigenvalue weighted by molar-refractivity contribution is 0.167. The molecule has 0 aliphatic heterocycles. The first-order valence-corrected chi connectivity index (χ1v) is 5.02. The maximum Gasteiger partial charge on any atom is 0.123 e. The van der Waals surface area contributed by atoms with E-state index in [4.69, 9.17) is 0 Å². The monoisotopic (exact) mass is 173 g/mol. The Morgan fingerprint density at radius 3 is 2.42 bits per heavy atom. The van der Waals surface area contributed by atoms with E-state index in [1.807, 2.05) is 0 Å². The summed E-state index contributed by atoms with van der Waals surface area (Å²) in [6.45, 7) is 5.79. The number of alkyl halides is 1. The minimum Gasteiger partial charge on any atom is -0.313 e. The van der Waals surface area contributed by atoms with Gasteiger partial charge < -0.3 is 5.32 Å². The molecule has 1 saturated carbocycles. The van der Waals surface area contributed by atoms with Gasteiger partial charge in [-0.25, -0.2) is 4.39 Å². The van der Waals surface area contributed by atoms with E-state index in [-0.39, 0.29) is 0 Å². The summed E-state index contributed by atoms with van der Waals surface area (Å²) in [5.74, 6) is 0.620. The van der Waals surface area contributed by atoms with Gasteiger partial charge in [0.1, 0.15) is 5.67 Å². The summed E-state index contributed by atoms with van der Waals surface area (Å²) >= 11 is 0. The fourth-order valence-corrected chi connectivity index (χ4v) is 1.77. The topological polar surface area (TPSA) is 12.0 Å². The molecule has 72 valence electrons. The van der Waals surface area contributed by atoms with Crippen LogP contribution in [0.15, 0.2) is 0 Å². The van der Waals surface area contributed by atoms with Crippen LogP contribution in [0, 0.1) is 5.92 Å². The summed E-state index contributed by atoms with van der Waals surface area (Å²) in [5.41, 5.74) is -0.880. The van der Waals surface area contributed by atoms with Gasteiger partial charge in [-0.1, -0.05) is 26.7 Å². The van der Waals surface area contributed by atoms with E-state index in [1.165, 1.54) is 0 Å². The number of hydrogen-bond acceptors (Lipinski definition) is 1. The molecule has 0 radical (unpaired) electrons. The minimum absolute atomic E-state index is 0.561. The molecule has 1 fully saturated rings. The van der Waals surface area contributed by atoms with Crippen molar-refractivity contribution in [1.82, 2.24) is 5.32 Å². The second-order valence-electron chi connectivity index (χ2n) is 4.38. The molecule has 1 rings (SSSR count). The predicted molar refractivity (Wildman–Crippen MR) is 50.0 cm³/mol. The molecule has 1 nitrogen and oxygen atoms in total. The van der Waals surface area contributed by atoms with Crippen LogP contribution in [0.5, 0.6) is 0 Å². The molecular weight excluding hydrogens is 153 g/mol. The summed E-state index contributed by atoms with van der Waals surface area (Å²) in [7, 11) is 0. The molecule has 0 saturated heterocycles. The maximum absolute atomic E-state index is 13.7. The first-order chi connectivity index (χ1) is 5.62. The highest BCUT2D eigenvalue weighted by atomic mass is 19.1. The lowest BCUT2D eigenvalue weighted by atomic mass is 10.0. The zero-order chi connectivity index (χ0) is 9.03. The average molecular weight is 173 g/mol. The average Bonchev–Trinajstić information content (AvgIpc) is 2.35. The number of halogens is 1. The molecule has 0 atom stereocenters. The molecule has 0 aromatic heterocycles. The van der Waals surface area contributed by atoms with E-state index in [9.17, 15) is 4.39 Å². The van der Waals surface area contributed by atoms with Gasteiger partial charge in [-0.15, -0.1) is 0 Å². The van der Waals surface area contributed by atoms with E-state index >= 15 is 0 Å². The van der Waals surface area contributed by atoms with Crippen LogP contribution >= 0.6 is 0 Å². The highest BCUT2D eigenvalue weighted by molar-refractivity contribution is 4.86. The quantitative estimate of drug-likeness (QED) is 0.688. The molecule has 1 aliphatic carbocycles. The van der Waals surface area contributed by atoms with Crippen LogP contribution in [-0.2, 0) is 0 Å². The second kappa shape index (κ2) is 4.22. The summed E-state index contributed by atoms with van der Waals surface area (Å²) in [4.78, 5) is 0. The van der Waals surface area contributed by atoms with E-state index in [1.54, 1.807) is 0 Å². The SMILES string of the molecule is CC(C)CNCC1(F)CCCC1. The largest absolute Gasteiger partial charge is 0.313 e. The van der Waals surface area contributed by atoms with E-state index in [0.29, 0.717) is 12.5 Å². The molecule has 0 aromatic rings. The zero-order valence-corrected chi connectivity index (χ0v) is 8.20. The molecule has 1 N–H and O–H groups in total. The van der Waals surface area contributed by atoms with Crippen molar-refractivity contribution in [2.75, 3.05) is 13.1 Å². The molecule has 12 heavy (non-hydrogen) atoms.